The number of nitrogens with one attached hydrogen (secondary N) is 1. The number of aromatic hydroxyl groups is 2. The summed E-state index contributed by atoms with van der Waals surface area (Å²) in [7, 11) is 1.31. The van der Waals surface area contributed by atoms with E-state index >= 15 is 0 Å². The van der Waals surface area contributed by atoms with Crippen LogP contribution in [-0.4, -0.2) is 70.8 Å². The Labute approximate surface area is 243 Å². The largest absolute Gasteiger partial charge is 0.507 e. The summed E-state index contributed by atoms with van der Waals surface area (Å²) in [5.74, 6) is -7.19. The molecular weight excluding hydrogens is 575 g/mol. The normalized spacial score (nSPS) is 25.0. The molecule has 0 saturated carbocycles. The Balaban J connectivity index is 1.57. The predicted molar refractivity (Wildman–Crippen MR) is 141 cm³/mol. The molecule has 10 nitrogen and oxygen atoms in total. The van der Waals surface area contributed by atoms with Crippen molar-refractivity contribution in [3.05, 3.63) is 51.6 Å². The molecule has 2 aromatic rings. The first kappa shape index (κ1) is 30.2. The van der Waals surface area contributed by atoms with Crippen LogP contribution in [0.3, 0.4) is 0 Å². The van der Waals surface area contributed by atoms with E-state index in [-0.39, 0.29) is 59.5 Å². The molecule has 1 aliphatic heterocycles. The van der Waals surface area contributed by atoms with Gasteiger partial charge in [-0.3, -0.25) is 24.0 Å². The lowest BCUT2D eigenvalue weighted by atomic mass is 9.69. The minimum Gasteiger partial charge on any atom is -0.507 e. The molecule has 0 radical (unpaired) electrons. The van der Waals surface area contributed by atoms with Crippen molar-refractivity contribution in [2.45, 2.75) is 69.9 Å². The predicted octanol–water partition coefficient (Wildman–Crippen LogP) is 3.30. The lowest BCUT2D eigenvalue weighted by Gasteiger charge is -2.38. The van der Waals surface area contributed by atoms with E-state index in [4.69, 9.17) is 9.47 Å². The number of phenolic OH excluding ortho intramolecular Hbond substituents is 2. The summed E-state index contributed by atoms with van der Waals surface area (Å²) in [6, 6.07) is 2.88. The molecular formula is C30H28F3NO9. The zero-order valence-corrected chi connectivity index (χ0v) is 23.3. The maximum absolute atomic E-state index is 13.7. The first-order chi connectivity index (χ1) is 20.1. The van der Waals surface area contributed by atoms with Crippen LogP contribution >= 0.6 is 0 Å². The Morgan fingerprint density at radius 1 is 1.05 bits per heavy atom. The highest BCUT2D eigenvalue weighted by atomic mass is 19.4. The topological polar surface area (TPSA) is 156 Å². The van der Waals surface area contributed by atoms with Crippen molar-refractivity contribution in [1.82, 2.24) is 5.32 Å². The van der Waals surface area contributed by atoms with Gasteiger partial charge in [0.25, 0.3) is 0 Å². The van der Waals surface area contributed by atoms with Crippen molar-refractivity contribution in [2.24, 2.45) is 5.92 Å². The van der Waals surface area contributed by atoms with Gasteiger partial charge in [-0.25, -0.2) is 0 Å². The van der Waals surface area contributed by atoms with Gasteiger partial charge in [0.05, 0.1) is 35.9 Å². The molecule has 3 N–H and O–H groups in total. The number of methoxy groups -OCH3 is 1. The zero-order chi connectivity index (χ0) is 31.5. The molecule has 2 aromatic carbocycles. The fourth-order valence-electron chi connectivity index (χ4n) is 6.49. The third-order valence-electron chi connectivity index (χ3n) is 8.51. The van der Waals surface area contributed by atoms with Crippen LogP contribution in [0.25, 0.3) is 0 Å². The summed E-state index contributed by atoms with van der Waals surface area (Å²) in [6.07, 6.45) is -7.56. The molecule has 1 amide bonds. The standard InChI is InChI=1S/C30H28F3NO9/c1-11(35)13-7-14(8-15-10-18(24(36)12(2)43-15)34-29(41)30(31,32)33)20-17(9-13)26(38)22-23(27(20)39)28(40)21-16(25(22)37)5-4-6-19(21)42-3/h4-6,12-15,18,38-39H,7-10H2,1-3H3,(H,34,41)/t12?,13?,14-,15?,18?/m1/s1. The fraction of sp³-hybridized carbons (Fsp3) is 0.433. The Kier molecular flexibility index (Phi) is 7.57. The SMILES string of the molecule is COc1cccc2c1C(=O)c1c(O)c3c(c(O)c1C2=O)CC(C(C)=O)C[C@@H]3CC1CC(NC(=O)C(F)(F)F)C(=O)C(C)O1. The van der Waals surface area contributed by atoms with Crippen LogP contribution in [0.4, 0.5) is 13.2 Å². The van der Waals surface area contributed by atoms with Crippen molar-refractivity contribution < 1.29 is 56.8 Å². The highest BCUT2D eigenvalue weighted by Crippen LogP contribution is 2.52. The maximum atomic E-state index is 13.7. The van der Waals surface area contributed by atoms with Crippen LogP contribution in [0.5, 0.6) is 17.2 Å². The van der Waals surface area contributed by atoms with Crippen LogP contribution in [0.15, 0.2) is 18.2 Å². The van der Waals surface area contributed by atoms with Crippen molar-refractivity contribution in [3.63, 3.8) is 0 Å². The zero-order valence-electron chi connectivity index (χ0n) is 23.3. The maximum Gasteiger partial charge on any atom is 0.471 e. The summed E-state index contributed by atoms with van der Waals surface area (Å²) < 4.78 is 49.7. The summed E-state index contributed by atoms with van der Waals surface area (Å²) >= 11 is 0. The molecule has 0 aromatic heterocycles. The number of ketones is 4. The van der Waals surface area contributed by atoms with Gasteiger partial charge in [-0.1, -0.05) is 12.1 Å². The smallest absolute Gasteiger partial charge is 0.471 e. The van der Waals surface area contributed by atoms with Crippen molar-refractivity contribution in [3.8, 4) is 17.2 Å². The monoisotopic (exact) mass is 603 g/mol. The second-order valence-electron chi connectivity index (χ2n) is 11.1. The second-order valence-corrected chi connectivity index (χ2v) is 11.1. The van der Waals surface area contributed by atoms with Crippen molar-refractivity contribution in [1.29, 1.82) is 0 Å². The molecule has 5 rings (SSSR count). The molecule has 0 bridgehead atoms. The number of phenols is 2. The van der Waals surface area contributed by atoms with Gasteiger partial charge in [0.15, 0.2) is 11.6 Å². The van der Waals surface area contributed by atoms with E-state index in [2.05, 4.69) is 0 Å². The number of carbonyl (C=O) groups excluding carboxylic acids is 5. The van der Waals surface area contributed by atoms with Gasteiger partial charge < -0.3 is 25.0 Å². The average molecular weight is 604 g/mol. The number of rotatable bonds is 5. The van der Waals surface area contributed by atoms with Crippen LogP contribution in [0.1, 0.15) is 82.0 Å². The molecule has 3 aliphatic rings. The van der Waals surface area contributed by atoms with Crippen LogP contribution < -0.4 is 10.1 Å². The quantitative estimate of drug-likeness (QED) is 0.373. The Morgan fingerprint density at radius 3 is 2.35 bits per heavy atom. The van der Waals surface area contributed by atoms with E-state index in [1.54, 1.807) is 5.32 Å². The number of halogens is 3. The van der Waals surface area contributed by atoms with Crippen LogP contribution in [0, 0.1) is 5.92 Å². The molecule has 5 atom stereocenters. The average Bonchev–Trinajstić information content (AvgIpc) is 2.94. The molecule has 1 heterocycles. The number of alkyl halides is 3. The highest BCUT2D eigenvalue weighted by Gasteiger charge is 2.46. The number of Topliss-reactive ketones (excluding diaryl/α,β-unsaturated/α-hetero) is 2. The van der Waals surface area contributed by atoms with Crippen molar-refractivity contribution in [2.75, 3.05) is 7.11 Å². The first-order valence-corrected chi connectivity index (χ1v) is 13.6. The fourth-order valence-corrected chi connectivity index (χ4v) is 6.49. The Morgan fingerprint density at radius 2 is 1.72 bits per heavy atom. The van der Waals surface area contributed by atoms with E-state index in [0.717, 1.165) is 0 Å². The molecule has 43 heavy (non-hydrogen) atoms. The third-order valence-corrected chi connectivity index (χ3v) is 8.51. The van der Waals surface area contributed by atoms with E-state index in [1.165, 1.54) is 39.2 Å². The summed E-state index contributed by atoms with van der Waals surface area (Å²) in [4.78, 5) is 63.9. The number of benzene rings is 2. The molecule has 2 aliphatic carbocycles. The van der Waals surface area contributed by atoms with Gasteiger partial charge in [-0.05, 0) is 45.1 Å². The second kappa shape index (κ2) is 10.8. The third kappa shape index (κ3) is 5.05. The molecule has 1 saturated heterocycles. The summed E-state index contributed by atoms with van der Waals surface area (Å²) in [6.45, 7) is 2.68. The van der Waals surface area contributed by atoms with E-state index < -0.39 is 82.1 Å². The molecule has 0 spiro atoms. The van der Waals surface area contributed by atoms with Gasteiger partial charge in [-0.2, -0.15) is 13.2 Å². The highest BCUT2D eigenvalue weighted by molar-refractivity contribution is 6.31. The van der Waals surface area contributed by atoms with Gasteiger partial charge in [0.1, 0.15) is 29.1 Å². The van der Waals surface area contributed by atoms with Gasteiger partial charge >= 0.3 is 12.1 Å². The van der Waals surface area contributed by atoms with E-state index in [1.807, 2.05) is 0 Å². The van der Waals surface area contributed by atoms with E-state index in [9.17, 15) is 47.4 Å². The molecule has 228 valence electrons. The van der Waals surface area contributed by atoms with Crippen molar-refractivity contribution >= 4 is 29.0 Å². The van der Waals surface area contributed by atoms with Crippen LogP contribution in [-0.2, 0) is 25.5 Å². The molecule has 1 fully saturated rings. The number of carbonyl (C=O) groups is 5. The van der Waals surface area contributed by atoms with Gasteiger partial charge in [0, 0.05) is 29.0 Å². The Bertz CT molecular complexity index is 1580. The molecule has 4 unspecified atom stereocenters. The number of fused-ring (bicyclic) bond motifs is 3. The van der Waals surface area contributed by atoms with E-state index in [0.29, 0.717) is 0 Å². The first-order valence-electron chi connectivity index (χ1n) is 13.6. The Hall–Kier alpha value is -4.26. The number of ether oxygens (including phenoxy) is 2. The number of hydrogen-bond acceptors (Lipinski definition) is 9. The summed E-state index contributed by atoms with van der Waals surface area (Å²) in [5.41, 5.74) is -0.721. The van der Waals surface area contributed by atoms with Gasteiger partial charge in [-0.15, -0.1) is 0 Å². The number of amides is 1. The number of hydrogen-bond donors (Lipinski definition) is 3. The van der Waals surface area contributed by atoms with Gasteiger partial charge in [0.2, 0.25) is 5.78 Å². The van der Waals surface area contributed by atoms with Crippen LogP contribution in [0.2, 0.25) is 0 Å². The minimum atomic E-state index is -5.21. The summed E-state index contributed by atoms with van der Waals surface area (Å²) in [5, 5.41) is 24.7. The lowest BCUT2D eigenvalue weighted by molar-refractivity contribution is -0.176. The minimum absolute atomic E-state index is 0.0248. The lowest BCUT2D eigenvalue weighted by Crippen LogP contribution is -2.54. The molecule has 13 heteroatoms.